The first-order valence-electron chi connectivity index (χ1n) is 20.5. The molecule has 0 fully saturated rings. The van der Waals surface area contributed by atoms with E-state index in [1.54, 1.807) is 12.1 Å². The third-order valence-electron chi connectivity index (χ3n) is 9.48. The summed E-state index contributed by atoms with van der Waals surface area (Å²) in [6.07, 6.45) is 0.0558. The Morgan fingerprint density at radius 1 is 0.820 bits per heavy atom. The minimum atomic E-state index is -1.11. The molecule has 1 aliphatic heterocycles. The highest BCUT2D eigenvalue weighted by molar-refractivity contribution is 6.01. The molecular formula is C45H57N5O11. The van der Waals surface area contributed by atoms with Crippen molar-refractivity contribution in [2.24, 2.45) is 10.9 Å². The first-order valence-corrected chi connectivity index (χ1v) is 20.5. The van der Waals surface area contributed by atoms with Crippen molar-refractivity contribution in [2.45, 2.75) is 38.8 Å². The number of aliphatic imine (C=N–C) groups is 1. The SMILES string of the molecule is CC(C)CCOCCOCCOCCOCCOc1ccc(-c2ccc([C@H](CC(=O)O)NC(=O)CNC(=O)c3cc(O)cc(NC4=NCC(O)CN4)c3)cc2)c2ccccc12. The Balaban J connectivity index is 1.08. The first kappa shape index (κ1) is 46.3. The number of amides is 2. The molecule has 5 rings (SSSR count). The number of phenolic OH excluding ortho intramolecular Hbond substituents is 1. The van der Waals surface area contributed by atoms with E-state index in [4.69, 9.17) is 23.7 Å². The van der Waals surface area contributed by atoms with Gasteiger partial charge in [0, 0.05) is 35.9 Å². The van der Waals surface area contributed by atoms with Gasteiger partial charge in [-0.1, -0.05) is 68.4 Å². The second kappa shape index (κ2) is 24.5. The fourth-order valence-corrected chi connectivity index (χ4v) is 6.34. The number of rotatable bonds is 25. The van der Waals surface area contributed by atoms with Crippen LogP contribution in [-0.4, -0.2) is 124 Å². The molecule has 1 aliphatic rings. The molecule has 0 radical (unpaired) electrons. The lowest BCUT2D eigenvalue weighted by Gasteiger charge is -2.20. The summed E-state index contributed by atoms with van der Waals surface area (Å²) in [5.41, 5.74) is 2.84. The van der Waals surface area contributed by atoms with Gasteiger partial charge in [-0.05, 0) is 52.6 Å². The Morgan fingerprint density at radius 2 is 1.48 bits per heavy atom. The van der Waals surface area contributed by atoms with Gasteiger partial charge >= 0.3 is 5.97 Å². The number of carboxylic acids is 1. The second-order valence-electron chi connectivity index (χ2n) is 14.8. The Hall–Kier alpha value is -5.78. The third kappa shape index (κ3) is 15.6. The summed E-state index contributed by atoms with van der Waals surface area (Å²) < 4.78 is 28.4. The zero-order chi connectivity index (χ0) is 43.4. The van der Waals surface area contributed by atoms with Crippen molar-refractivity contribution in [3.8, 4) is 22.6 Å². The highest BCUT2D eigenvalue weighted by Gasteiger charge is 2.20. The van der Waals surface area contributed by atoms with Crippen LogP contribution in [0.2, 0.25) is 0 Å². The summed E-state index contributed by atoms with van der Waals surface area (Å²) in [5.74, 6) is -0.814. The maximum Gasteiger partial charge on any atom is 0.305 e. The topological polar surface area (TPSA) is 219 Å². The molecular weight excluding hydrogens is 787 g/mol. The molecule has 2 atom stereocenters. The number of aliphatic hydroxyl groups excluding tert-OH is 1. The number of nitrogens with one attached hydrogen (secondary N) is 4. The molecule has 4 aromatic carbocycles. The van der Waals surface area contributed by atoms with Crippen LogP contribution in [0.15, 0.2) is 83.9 Å². The third-order valence-corrected chi connectivity index (χ3v) is 9.48. The number of β-amino-alcohol motifs (C(OH)–C–C–N with tert-alkyl or cyclic N) is 1. The molecule has 0 aromatic heterocycles. The van der Waals surface area contributed by atoms with E-state index in [0.29, 0.717) is 88.3 Å². The number of hydrogen-bond donors (Lipinski definition) is 7. The number of carboxylic acid groups (broad SMARTS) is 1. The molecule has 7 N–H and O–H groups in total. The van der Waals surface area contributed by atoms with E-state index in [2.05, 4.69) is 40.1 Å². The van der Waals surface area contributed by atoms with Crippen molar-refractivity contribution >= 4 is 40.2 Å². The quantitative estimate of drug-likeness (QED) is 0.0458. The number of phenols is 1. The Morgan fingerprint density at radius 3 is 2.11 bits per heavy atom. The lowest BCUT2D eigenvalue weighted by Crippen LogP contribution is -2.42. The standard InChI is InChI=1S/C45H57N5O11/c1-30(2)13-14-57-15-16-58-17-18-59-19-20-60-21-22-61-41-12-11-37(38-5-3-4-6-39(38)41)31-7-9-32(10-8-31)40(26-43(54)55)50-42(53)29-46-44(56)33-23-34(25-35(51)24-33)49-45-47-27-36(52)28-48-45/h3-12,23-25,30,36,40,51-52H,13-22,26-29H2,1-2H3,(H,46,56)(H,50,53)(H,54,55)(H2,47,48,49)/t40-/m0/s1. The summed E-state index contributed by atoms with van der Waals surface area (Å²) in [7, 11) is 0. The summed E-state index contributed by atoms with van der Waals surface area (Å²) in [6, 6.07) is 22.3. The number of nitrogens with zero attached hydrogens (tertiary/aromatic N) is 1. The molecule has 61 heavy (non-hydrogen) atoms. The highest BCUT2D eigenvalue weighted by Crippen LogP contribution is 2.35. The lowest BCUT2D eigenvalue weighted by molar-refractivity contribution is -0.137. The first-order chi connectivity index (χ1) is 29.5. The zero-order valence-corrected chi connectivity index (χ0v) is 34.7. The summed E-state index contributed by atoms with van der Waals surface area (Å²) in [5, 5.41) is 42.5. The van der Waals surface area contributed by atoms with Crippen molar-refractivity contribution in [3.05, 3.63) is 90.0 Å². The fourth-order valence-electron chi connectivity index (χ4n) is 6.34. The van der Waals surface area contributed by atoms with Gasteiger partial charge in [-0.25, -0.2) is 0 Å². The van der Waals surface area contributed by atoms with Gasteiger partial charge in [-0.2, -0.15) is 0 Å². The van der Waals surface area contributed by atoms with Gasteiger partial charge in [0.05, 0.1) is 77.9 Å². The maximum atomic E-state index is 13.0. The molecule has 0 aliphatic carbocycles. The number of benzene rings is 4. The van der Waals surface area contributed by atoms with Crippen LogP contribution in [0, 0.1) is 5.92 Å². The molecule has 328 valence electrons. The molecule has 0 saturated heterocycles. The van der Waals surface area contributed by atoms with E-state index in [0.717, 1.165) is 34.9 Å². The summed E-state index contributed by atoms with van der Waals surface area (Å²) in [6.45, 7) is 8.93. The van der Waals surface area contributed by atoms with Crippen molar-refractivity contribution in [1.29, 1.82) is 0 Å². The van der Waals surface area contributed by atoms with Gasteiger partial charge in [0.2, 0.25) is 5.91 Å². The van der Waals surface area contributed by atoms with Crippen LogP contribution in [0.25, 0.3) is 21.9 Å². The normalized spacial score (nSPS) is 14.2. The van der Waals surface area contributed by atoms with Crippen LogP contribution in [0.3, 0.4) is 0 Å². The lowest BCUT2D eigenvalue weighted by atomic mass is 9.95. The van der Waals surface area contributed by atoms with Gasteiger partial charge in [0.15, 0.2) is 5.96 Å². The molecule has 16 nitrogen and oxygen atoms in total. The van der Waals surface area contributed by atoms with E-state index < -0.39 is 36.5 Å². The minimum Gasteiger partial charge on any atom is -0.508 e. The van der Waals surface area contributed by atoms with Gasteiger partial charge < -0.3 is 60.3 Å². The van der Waals surface area contributed by atoms with Crippen molar-refractivity contribution in [1.82, 2.24) is 16.0 Å². The fraction of sp³-hybridized carbons (Fsp3) is 0.422. The van der Waals surface area contributed by atoms with Crippen LogP contribution < -0.4 is 26.0 Å². The van der Waals surface area contributed by atoms with Gasteiger partial charge in [0.25, 0.3) is 5.91 Å². The van der Waals surface area contributed by atoms with Crippen molar-refractivity contribution < 1.29 is 53.4 Å². The van der Waals surface area contributed by atoms with Crippen LogP contribution in [0.1, 0.15) is 48.7 Å². The largest absolute Gasteiger partial charge is 0.508 e. The number of ether oxygens (including phenoxy) is 5. The molecule has 4 aromatic rings. The smallest absolute Gasteiger partial charge is 0.305 e. The van der Waals surface area contributed by atoms with Gasteiger partial charge in [-0.3, -0.25) is 19.4 Å². The molecule has 1 heterocycles. The molecule has 1 unspecified atom stereocenters. The average Bonchev–Trinajstić information content (AvgIpc) is 3.24. The van der Waals surface area contributed by atoms with Crippen LogP contribution in [0.5, 0.6) is 11.5 Å². The number of carbonyl (C=O) groups is 3. The average molecular weight is 844 g/mol. The summed E-state index contributed by atoms with van der Waals surface area (Å²) in [4.78, 5) is 41.9. The molecule has 16 heteroatoms. The predicted molar refractivity (Wildman–Crippen MR) is 231 cm³/mol. The number of aliphatic carboxylic acids is 1. The number of guanidine groups is 1. The van der Waals surface area contributed by atoms with Crippen LogP contribution in [0.4, 0.5) is 5.69 Å². The van der Waals surface area contributed by atoms with E-state index in [1.807, 2.05) is 48.5 Å². The number of anilines is 1. The molecule has 2 amide bonds. The van der Waals surface area contributed by atoms with Crippen LogP contribution >= 0.6 is 0 Å². The number of carbonyl (C=O) groups excluding carboxylic acids is 2. The van der Waals surface area contributed by atoms with E-state index in [9.17, 15) is 29.7 Å². The second-order valence-corrected chi connectivity index (χ2v) is 14.8. The Bertz CT molecular complexity index is 2060. The number of hydrogen-bond acceptors (Lipinski definition) is 13. The number of fused-ring (bicyclic) bond motifs is 1. The minimum absolute atomic E-state index is 0.0785. The van der Waals surface area contributed by atoms with E-state index in [1.165, 1.54) is 18.2 Å². The Labute approximate surface area is 355 Å². The molecule has 0 spiro atoms. The van der Waals surface area contributed by atoms with Crippen LogP contribution in [-0.2, 0) is 28.5 Å². The Kier molecular flexibility index (Phi) is 18.6. The van der Waals surface area contributed by atoms with Crippen molar-refractivity contribution in [3.63, 3.8) is 0 Å². The number of aliphatic hydroxyl groups is 1. The molecule has 0 saturated carbocycles. The van der Waals surface area contributed by atoms with E-state index >= 15 is 0 Å². The predicted octanol–water partition coefficient (Wildman–Crippen LogP) is 4.50. The van der Waals surface area contributed by atoms with E-state index in [-0.39, 0.29) is 24.3 Å². The number of aromatic hydroxyl groups is 1. The van der Waals surface area contributed by atoms with Gasteiger partial charge in [-0.15, -0.1) is 0 Å². The summed E-state index contributed by atoms with van der Waals surface area (Å²) >= 11 is 0. The van der Waals surface area contributed by atoms with Gasteiger partial charge in [0.1, 0.15) is 18.1 Å². The van der Waals surface area contributed by atoms with Crippen molar-refractivity contribution in [2.75, 3.05) is 84.4 Å². The molecule has 0 bridgehead atoms. The monoisotopic (exact) mass is 843 g/mol. The maximum absolute atomic E-state index is 13.0. The highest BCUT2D eigenvalue weighted by atomic mass is 16.6. The zero-order valence-electron chi connectivity index (χ0n) is 34.7.